The van der Waals surface area contributed by atoms with E-state index < -0.39 is 0 Å². The van der Waals surface area contributed by atoms with E-state index in [1.807, 2.05) is 19.9 Å². The SMILES string of the molecule is COC(C)(C)CNC1CCSc2c(F)cccc21. The van der Waals surface area contributed by atoms with E-state index in [4.69, 9.17) is 4.74 Å². The average molecular weight is 269 g/mol. The summed E-state index contributed by atoms with van der Waals surface area (Å²) < 4.78 is 19.1. The van der Waals surface area contributed by atoms with Gasteiger partial charge in [0.1, 0.15) is 5.82 Å². The molecular formula is C14H20FNOS. The van der Waals surface area contributed by atoms with Gasteiger partial charge in [-0.3, -0.25) is 0 Å². The quantitative estimate of drug-likeness (QED) is 0.905. The molecule has 1 unspecified atom stereocenters. The van der Waals surface area contributed by atoms with E-state index in [2.05, 4.69) is 5.32 Å². The molecule has 4 heteroatoms. The van der Waals surface area contributed by atoms with Crippen molar-refractivity contribution in [1.82, 2.24) is 5.32 Å². The molecule has 1 atom stereocenters. The number of halogens is 1. The summed E-state index contributed by atoms with van der Waals surface area (Å²) in [6.07, 6.45) is 1.03. The maximum Gasteiger partial charge on any atom is 0.137 e. The van der Waals surface area contributed by atoms with Gasteiger partial charge in [0, 0.05) is 24.6 Å². The Balaban J connectivity index is 2.11. The number of rotatable bonds is 4. The second-order valence-corrected chi connectivity index (χ2v) is 6.30. The van der Waals surface area contributed by atoms with Crippen LogP contribution in [0.5, 0.6) is 0 Å². The number of methoxy groups -OCH3 is 1. The van der Waals surface area contributed by atoms with Crippen LogP contribution in [0.3, 0.4) is 0 Å². The van der Waals surface area contributed by atoms with Crippen LogP contribution in [0.25, 0.3) is 0 Å². The van der Waals surface area contributed by atoms with E-state index >= 15 is 0 Å². The van der Waals surface area contributed by atoms with E-state index in [-0.39, 0.29) is 17.5 Å². The van der Waals surface area contributed by atoms with Gasteiger partial charge in [-0.05, 0) is 37.7 Å². The molecular weight excluding hydrogens is 249 g/mol. The highest BCUT2D eigenvalue weighted by Gasteiger charge is 2.25. The summed E-state index contributed by atoms with van der Waals surface area (Å²) in [5, 5.41) is 3.49. The lowest BCUT2D eigenvalue weighted by Crippen LogP contribution is -2.39. The van der Waals surface area contributed by atoms with Crippen LogP contribution >= 0.6 is 11.8 Å². The van der Waals surface area contributed by atoms with E-state index in [0.29, 0.717) is 0 Å². The summed E-state index contributed by atoms with van der Waals surface area (Å²) in [6, 6.07) is 5.57. The van der Waals surface area contributed by atoms with Gasteiger partial charge in [0.15, 0.2) is 0 Å². The van der Waals surface area contributed by atoms with Gasteiger partial charge in [0.25, 0.3) is 0 Å². The lowest BCUT2D eigenvalue weighted by atomic mass is 10.0. The first-order chi connectivity index (χ1) is 8.53. The Hall–Kier alpha value is -0.580. The summed E-state index contributed by atoms with van der Waals surface area (Å²) in [5.41, 5.74) is 0.885. The molecule has 1 aromatic carbocycles. The molecule has 0 radical (unpaired) electrons. The molecule has 18 heavy (non-hydrogen) atoms. The van der Waals surface area contributed by atoms with Crippen molar-refractivity contribution >= 4 is 11.8 Å². The van der Waals surface area contributed by atoms with Crippen molar-refractivity contribution in [2.75, 3.05) is 19.4 Å². The van der Waals surface area contributed by atoms with Crippen LogP contribution in [-0.4, -0.2) is 25.0 Å². The Morgan fingerprint density at radius 3 is 3.00 bits per heavy atom. The van der Waals surface area contributed by atoms with Crippen molar-refractivity contribution in [2.45, 2.75) is 36.8 Å². The van der Waals surface area contributed by atoms with Gasteiger partial charge >= 0.3 is 0 Å². The first-order valence-corrected chi connectivity index (χ1v) is 7.22. The molecule has 0 aromatic heterocycles. The molecule has 0 saturated carbocycles. The minimum absolute atomic E-state index is 0.102. The maximum absolute atomic E-state index is 13.7. The number of nitrogens with one attached hydrogen (secondary N) is 1. The Bertz CT molecular complexity index is 422. The monoisotopic (exact) mass is 269 g/mol. The molecule has 0 spiro atoms. The van der Waals surface area contributed by atoms with Gasteiger partial charge < -0.3 is 10.1 Å². The molecule has 0 saturated heterocycles. The fraction of sp³-hybridized carbons (Fsp3) is 0.571. The van der Waals surface area contributed by atoms with E-state index in [1.54, 1.807) is 24.9 Å². The van der Waals surface area contributed by atoms with Crippen molar-refractivity contribution in [2.24, 2.45) is 0 Å². The van der Waals surface area contributed by atoms with Crippen molar-refractivity contribution in [1.29, 1.82) is 0 Å². The zero-order valence-corrected chi connectivity index (χ0v) is 11.9. The van der Waals surface area contributed by atoms with Crippen LogP contribution in [0.1, 0.15) is 31.9 Å². The first-order valence-electron chi connectivity index (χ1n) is 6.23. The standard InChI is InChI=1S/C14H20FNOS/c1-14(2,17-3)9-16-12-7-8-18-13-10(12)5-4-6-11(13)15/h4-6,12,16H,7-9H2,1-3H3. The predicted molar refractivity (Wildman–Crippen MR) is 73.6 cm³/mol. The fourth-order valence-corrected chi connectivity index (χ4v) is 3.18. The van der Waals surface area contributed by atoms with Crippen LogP contribution in [-0.2, 0) is 4.74 Å². The second kappa shape index (κ2) is 5.59. The fourth-order valence-electron chi connectivity index (χ4n) is 2.04. The van der Waals surface area contributed by atoms with Gasteiger partial charge in [0.05, 0.1) is 5.60 Å². The maximum atomic E-state index is 13.7. The van der Waals surface area contributed by atoms with E-state index in [1.165, 1.54) is 6.07 Å². The third-order valence-corrected chi connectivity index (χ3v) is 4.51. The van der Waals surface area contributed by atoms with Gasteiger partial charge in [-0.2, -0.15) is 0 Å². The Kier molecular flexibility index (Phi) is 4.30. The average Bonchev–Trinajstić information content (AvgIpc) is 2.37. The van der Waals surface area contributed by atoms with E-state index in [0.717, 1.165) is 29.2 Å². The van der Waals surface area contributed by atoms with Gasteiger partial charge in [0.2, 0.25) is 0 Å². The van der Waals surface area contributed by atoms with Crippen molar-refractivity contribution < 1.29 is 9.13 Å². The van der Waals surface area contributed by atoms with Gasteiger partial charge in [-0.15, -0.1) is 11.8 Å². The molecule has 0 bridgehead atoms. The normalized spacial score (nSPS) is 19.7. The van der Waals surface area contributed by atoms with E-state index in [9.17, 15) is 4.39 Å². The highest BCUT2D eigenvalue weighted by atomic mass is 32.2. The number of fused-ring (bicyclic) bond motifs is 1. The lowest BCUT2D eigenvalue weighted by Gasteiger charge is -2.30. The third-order valence-electron chi connectivity index (χ3n) is 3.35. The van der Waals surface area contributed by atoms with Crippen LogP contribution in [0.2, 0.25) is 0 Å². The number of hydrogen-bond acceptors (Lipinski definition) is 3. The summed E-state index contributed by atoms with van der Waals surface area (Å²) in [4.78, 5) is 0.802. The largest absolute Gasteiger partial charge is 0.377 e. The summed E-state index contributed by atoms with van der Waals surface area (Å²) in [5.74, 6) is 0.856. The second-order valence-electron chi connectivity index (χ2n) is 5.19. The van der Waals surface area contributed by atoms with Gasteiger partial charge in [-0.1, -0.05) is 12.1 Å². The Labute approximate surface area is 112 Å². The smallest absolute Gasteiger partial charge is 0.137 e. The third kappa shape index (κ3) is 3.05. The zero-order valence-electron chi connectivity index (χ0n) is 11.1. The molecule has 100 valence electrons. The topological polar surface area (TPSA) is 21.3 Å². The molecule has 2 nitrogen and oxygen atoms in total. The van der Waals surface area contributed by atoms with Crippen LogP contribution in [0.15, 0.2) is 23.1 Å². The number of ether oxygens (including phenoxy) is 1. The summed E-state index contributed by atoms with van der Waals surface area (Å²) in [6.45, 7) is 4.85. The number of thioether (sulfide) groups is 1. The molecule has 1 aromatic rings. The number of benzene rings is 1. The minimum atomic E-state index is -0.196. The zero-order chi connectivity index (χ0) is 13.2. The Morgan fingerprint density at radius 1 is 1.50 bits per heavy atom. The summed E-state index contributed by atoms with van der Waals surface area (Å²) >= 11 is 1.61. The highest BCUT2D eigenvalue weighted by Crippen LogP contribution is 2.37. The minimum Gasteiger partial charge on any atom is -0.377 e. The van der Waals surface area contributed by atoms with Crippen molar-refractivity contribution in [3.63, 3.8) is 0 Å². The molecule has 0 aliphatic carbocycles. The number of hydrogen-bond donors (Lipinski definition) is 1. The molecule has 1 aliphatic heterocycles. The van der Waals surface area contributed by atoms with Crippen LogP contribution in [0, 0.1) is 5.82 Å². The molecule has 1 aliphatic rings. The predicted octanol–water partition coefficient (Wildman–Crippen LogP) is 3.38. The van der Waals surface area contributed by atoms with Crippen LogP contribution in [0.4, 0.5) is 4.39 Å². The Morgan fingerprint density at radius 2 is 2.28 bits per heavy atom. The van der Waals surface area contributed by atoms with Gasteiger partial charge in [-0.25, -0.2) is 4.39 Å². The molecule has 0 fully saturated rings. The molecule has 2 rings (SSSR count). The molecule has 1 N–H and O–H groups in total. The first kappa shape index (κ1) is 13.8. The summed E-state index contributed by atoms with van der Waals surface area (Å²) in [7, 11) is 1.71. The molecule has 0 amide bonds. The highest BCUT2D eigenvalue weighted by molar-refractivity contribution is 7.99. The van der Waals surface area contributed by atoms with Crippen molar-refractivity contribution in [3.8, 4) is 0 Å². The van der Waals surface area contributed by atoms with Crippen LogP contribution < -0.4 is 5.32 Å². The molecule has 1 heterocycles. The lowest BCUT2D eigenvalue weighted by molar-refractivity contribution is 0.0208. The van der Waals surface area contributed by atoms with Crippen molar-refractivity contribution in [3.05, 3.63) is 29.6 Å².